The van der Waals surface area contributed by atoms with Gasteiger partial charge in [-0.2, -0.15) is 0 Å². The summed E-state index contributed by atoms with van der Waals surface area (Å²) in [5.74, 6) is 5.59. The lowest BCUT2D eigenvalue weighted by molar-refractivity contribution is 0.924. The van der Waals surface area contributed by atoms with Crippen molar-refractivity contribution in [3.05, 3.63) is 84.9 Å². The van der Waals surface area contributed by atoms with Gasteiger partial charge in [0.2, 0.25) is 0 Å². The fourth-order valence-electron chi connectivity index (χ4n) is 4.99. The van der Waals surface area contributed by atoms with Crippen molar-refractivity contribution in [3.63, 3.8) is 0 Å². The van der Waals surface area contributed by atoms with Crippen molar-refractivity contribution in [2.24, 2.45) is 0 Å². The lowest BCUT2D eigenvalue weighted by Crippen LogP contribution is -1.94. The third-order valence-electron chi connectivity index (χ3n) is 6.38. The van der Waals surface area contributed by atoms with Crippen LogP contribution in [0.2, 0.25) is 0 Å². The van der Waals surface area contributed by atoms with Crippen LogP contribution >= 0.6 is 0 Å². The zero-order valence-corrected chi connectivity index (χ0v) is 17.5. The fraction of sp³-hybridized carbons (Fsp3) is 0.0667. The zero-order chi connectivity index (χ0) is 21.7. The second kappa shape index (κ2) is 7.09. The Balaban J connectivity index is 1.60. The van der Waals surface area contributed by atoms with E-state index in [-0.39, 0.29) is 0 Å². The molecule has 2 heteroatoms. The molecule has 0 saturated heterocycles. The number of benzene rings is 4. The summed E-state index contributed by atoms with van der Waals surface area (Å²) in [6.45, 7) is 1.12. The Hall–Kier alpha value is -4.40. The first-order valence-corrected chi connectivity index (χ1v) is 10.7. The summed E-state index contributed by atoms with van der Waals surface area (Å²) in [6, 6.07) is 30.2. The average Bonchev–Trinajstić information content (AvgIpc) is 3.32. The topological polar surface area (TPSA) is 9.86 Å². The molecule has 0 radical (unpaired) electrons. The molecular weight excluding hydrogens is 388 g/mol. The van der Waals surface area contributed by atoms with E-state index in [0.717, 1.165) is 0 Å². The highest BCUT2D eigenvalue weighted by Crippen LogP contribution is 2.35. The van der Waals surface area contributed by atoms with Crippen molar-refractivity contribution < 1.29 is 0 Å². The van der Waals surface area contributed by atoms with Gasteiger partial charge in [0.1, 0.15) is 0 Å². The van der Waals surface area contributed by atoms with Crippen LogP contribution < -0.4 is 0 Å². The summed E-state index contributed by atoms with van der Waals surface area (Å²) in [6.07, 6.45) is 11.3. The van der Waals surface area contributed by atoms with Crippen LogP contribution in [0.15, 0.2) is 84.9 Å². The van der Waals surface area contributed by atoms with Crippen LogP contribution in [0.3, 0.4) is 0 Å². The minimum atomic E-state index is 0.560. The van der Waals surface area contributed by atoms with Crippen LogP contribution in [0, 0.1) is 24.7 Å². The molecule has 2 aromatic heterocycles. The Morgan fingerprint density at radius 1 is 0.500 bits per heavy atom. The maximum atomic E-state index is 5.66. The lowest BCUT2D eigenvalue weighted by Gasteiger charge is -2.06. The minimum Gasteiger partial charge on any atom is -0.329 e. The second-order valence-corrected chi connectivity index (χ2v) is 8.08. The molecule has 0 N–H and O–H groups in total. The maximum Gasteiger partial charge on any atom is 0.0841 e. The summed E-state index contributed by atoms with van der Waals surface area (Å²) in [5.41, 5.74) is 7.06. The van der Waals surface area contributed by atoms with Gasteiger partial charge >= 0.3 is 0 Å². The molecule has 0 fully saturated rings. The largest absolute Gasteiger partial charge is 0.329 e. The summed E-state index contributed by atoms with van der Waals surface area (Å²) in [4.78, 5) is 0. The number of rotatable bonds is 3. The zero-order valence-electron chi connectivity index (χ0n) is 17.5. The van der Waals surface area contributed by atoms with Crippen molar-refractivity contribution in [2.45, 2.75) is 13.1 Å². The molecule has 0 unspecified atom stereocenters. The van der Waals surface area contributed by atoms with Gasteiger partial charge in [0.25, 0.3) is 0 Å². The van der Waals surface area contributed by atoms with Crippen molar-refractivity contribution in [1.29, 1.82) is 0 Å². The van der Waals surface area contributed by atoms with E-state index in [2.05, 4.69) is 106 Å². The van der Waals surface area contributed by atoms with E-state index in [0.29, 0.717) is 13.1 Å². The number of para-hydroxylation sites is 2. The Kier molecular flexibility index (Phi) is 4.07. The maximum absolute atomic E-state index is 5.66. The molecular formula is C30H20N2. The Morgan fingerprint density at radius 3 is 1.34 bits per heavy atom. The van der Waals surface area contributed by atoms with Crippen molar-refractivity contribution in [3.8, 4) is 35.8 Å². The first-order valence-electron chi connectivity index (χ1n) is 10.7. The molecule has 0 aliphatic rings. The van der Waals surface area contributed by atoms with E-state index in [1.54, 1.807) is 0 Å². The number of hydrogen-bond acceptors (Lipinski definition) is 0. The Bertz CT molecular complexity index is 1610. The summed E-state index contributed by atoms with van der Waals surface area (Å²) in [5, 5.41) is 4.91. The van der Waals surface area contributed by atoms with Gasteiger partial charge in [0, 0.05) is 32.6 Å². The van der Waals surface area contributed by atoms with E-state index in [1.807, 2.05) is 0 Å². The van der Waals surface area contributed by atoms with E-state index in [9.17, 15) is 0 Å². The van der Waals surface area contributed by atoms with Crippen LogP contribution in [0.5, 0.6) is 0 Å². The predicted molar refractivity (Wildman–Crippen MR) is 136 cm³/mol. The molecule has 2 heterocycles. The van der Waals surface area contributed by atoms with Crippen molar-refractivity contribution in [2.75, 3.05) is 0 Å². The van der Waals surface area contributed by atoms with Gasteiger partial charge in [-0.15, -0.1) is 12.8 Å². The third-order valence-corrected chi connectivity index (χ3v) is 6.38. The van der Waals surface area contributed by atoms with Crippen LogP contribution in [-0.4, -0.2) is 9.13 Å². The van der Waals surface area contributed by atoms with Crippen LogP contribution in [0.1, 0.15) is 0 Å². The van der Waals surface area contributed by atoms with Gasteiger partial charge in [-0.3, -0.25) is 0 Å². The lowest BCUT2D eigenvalue weighted by atomic mass is 10.0. The second-order valence-electron chi connectivity index (χ2n) is 8.08. The van der Waals surface area contributed by atoms with Gasteiger partial charge < -0.3 is 9.13 Å². The van der Waals surface area contributed by atoms with E-state index < -0.39 is 0 Å². The molecule has 6 rings (SSSR count). The minimum absolute atomic E-state index is 0.560. The van der Waals surface area contributed by atoms with E-state index in [1.165, 1.54) is 54.7 Å². The monoisotopic (exact) mass is 408 g/mol. The smallest absolute Gasteiger partial charge is 0.0841 e. The number of nitrogens with zero attached hydrogens (tertiary/aromatic N) is 2. The van der Waals surface area contributed by atoms with Crippen LogP contribution in [-0.2, 0) is 13.1 Å². The molecule has 0 aliphatic heterocycles. The molecule has 0 aliphatic carbocycles. The van der Waals surface area contributed by atoms with Gasteiger partial charge in [0.15, 0.2) is 0 Å². The number of hydrogen-bond donors (Lipinski definition) is 0. The van der Waals surface area contributed by atoms with Crippen molar-refractivity contribution >= 4 is 43.6 Å². The summed E-state index contributed by atoms with van der Waals surface area (Å²) < 4.78 is 4.43. The molecule has 0 atom stereocenters. The third kappa shape index (κ3) is 2.57. The predicted octanol–water partition coefficient (Wildman–Crippen LogP) is 6.84. The number of aromatic nitrogens is 2. The average molecular weight is 409 g/mol. The molecule has 0 spiro atoms. The van der Waals surface area contributed by atoms with Gasteiger partial charge in [-0.05, 0) is 47.5 Å². The van der Waals surface area contributed by atoms with E-state index in [4.69, 9.17) is 12.8 Å². The molecule has 6 aromatic rings. The molecule has 0 saturated carbocycles. The molecule has 0 bridgehead atoms. The molecule has 2 nitrogen and oxygen atoms in total. The summed E-state index contributed by atoms with van der Waals surface area (Å²) >= 11 is 0. The van der Waals surface area contributed by atoms with Crippen LogP contribution in [0.4, 0.5) is 0 Å². The van der Waals surface area contributed by atoms with Gasteiger partial charge in [-0.25, -0.2) is 0 Å². The van der Waals surface area contributed by atoms with Crippen LogP contribution in [0.25, 0.3) is 54.7 Å². The number of fused-ring (bicyclic) bond motifs is 6. The molecule has 0 amide bonds. The Labute approximate surface area is 186 Å². The van der Waals surface area contributed by atoms with E-state index >= 15 is 0 Å². The fourth-order valence-corrected chi connectivity index (χ4v) is 4.99. The van der Waals surface area contributed by atoms with Gasteiger partial charge in [0.05, 0.1) is 24.1 Å². The first kappa shape index (κ1) is 18.4. The standard InChI is InChI=1S/C30H20N2/c1-3-17-31-27-11-7-5-9-23(27)25-19-21(13-15-29(25)31)22-14-16-30-26(20-22)24-10-6-8-12-28(24)32(30)18-4-2/h1-2,5-16,19-20H,17-18H2. The summed E-state index contributed by atoms with van der Waals surface area (Å²) in [7, 11) is 0. The van der Waals surface area contributed by atoms with Crippen molar-refractivity contribution in [1.82, 2.24) is 9.13 Å². The normalized spacial score (nSPS) is 11.3. The SMILES string of the molecule is C#CCn1c2ccccc2c2cc(-c3ccc4c(c3)c3ccccc3n4CC#C)ccc21. The molecule has 150 valence electrons. The highest BCUT2D eigenvalue weighted by molar-refractivity contribution is 6.11. The Morgan fingerprint density at radius 2 is 0.906 bits per heavy atom. The highest BCUT2D eigenvalue weighted by atomic mass is 15.0. The first-order chi connectivity index (χ1) is 15.8. The van der Waals surface area contributed by atoms with Gasteiger partial charge in [-0.1, -0.05) is 60.4 Å². The highest BCUT2D eigenvalue weighted by Gasteiger charge is 2.13. The quantitative estimate of drug-likeness (QED) is 0.284. The number of terminal acetylenes is 2. The molecule has 4 aromatic carbocycles. The molecule has 32 heavy (non-hydrogen) atoms.